The van der Waals surface area contributed by atoms with Crippen LogP contribution in [0.2, 0.25) is 0 Å². The molecule has 0 heterocycles. The zero-order chi connectivity index (χ0) is 19.6. The van der Waals surface area contributed by atoms with E-state index < -0.39 is 34.5 Å². The summed E-state index contributed by atoms with van der Waals surface area (Å²) in [6, 6.07) is 4.21. The van der Waals surface area contributed by atoms with Crippen molar-refractivity contribution >= 4 is 27.9 Å². The van der Waals surface area contributed by atoms with Crippen LogP contribution in [0.3, 0.4) is 0 Å². The normalized spacial score (nSPS) is 10.5. The lowest BCUT2D eigenvalue weighted by Gasteiger charge is -2.07. The number of carbonyl (C=O) groups excluding carboxylic acids is 3. The fraction of sp³-hybridized carbons (Fsp3) is 0.188. The number of esters is 1. The van der Waals surface area contributed by atoms with Crippen LogP contribution in [0.5, 0.6) is 0 Å². The average Bonchev–Trinajstić information content (AvgIpc) is 2.62. The van der Waals surface area contributed by atoms with Crippen molar-refractivity contribution in [2.75, 3.05) is 19.7 Å². The van der Waals surface area contributed by atoms with Crippen LogP contribution in [-0.4, -0.2) is 46.0 Å². The van der Waals surface area contributed by atoms with Gasteiger partial charge in [-0.3, -0.25) is 10.1 Å². The molecule has 0 radical (unpaired) electrons. The van der Waals surface area contributed by atoms with Crippen LogP contribution in [0.15, 0.2) is 54.5 Å². The lowest BCUT2D eigenvalue weighted by Crippen LogP contribution is -2.41. The molecule has 1 aromatic rings. The number of hydrogen-bond acceptors (Lipinski definition) is 6. The van der Waals surface area contributed by atoms with Crippen molar-refractivity contribution in [1.29, 1.82) is 0 Å². The SMILES string of the molecule is C=CCNC(=O)NC(=O)COC(=O)c1ccc(S(=O)(=O)NCC=C)cc1. The Morgan fingerprint density at radius 1 is 1.04 bits per heavy atom. The van der Waals surface area contributed by atoms with Gasteiger partial charge >= 0.3 is 12.0 Å². The van der Waals surface area contributed by atoms with Gasteiger partial charge in [-0.1, -0.05) is 12.2 Å². The molecule has 0 unspecified atom stereocenters. The molecule has 0 spiro atoms. The van der Waals surface area contributed by atoms with Crippen LogP contribution in [-0.2, 0) is 19.6 Å². The first kappa shape index (κ1) is 21.1. The molecule has 0 saturated heterocycles. The zero-order valence-corrected chi connectivity index (χ0v) is 14.7. The molecule has 9 nitrogen and oxygen atoms in total. The van der Waals surface area contributed by atoms with Crippen molar-refractivity contribution < 1.29 is 27.5 Å². The number of nitrogens with one attached hydrogen (secondary N) is 3. The second-order valence-electron chi connectivity index (χ2n) is 4.79. The molecule has 0 aliphatic heterocycles. The summed E-state index contributed by atoms with van der Waals surface area (Å²) in [6.45, 7) is 6.39. The third kappa shape index (κ3) is 6.87. The van der Waals surface area contributed by atoms with E-state index in [2.05, 4.69) is 23.2 Å². The summed E-state index contributed by atoms with van der Waals surface area (Å²) in [7, 11) is -3.70. The molecule has 1 aromatic carbocycles. The van der Waals surface area contributed by atoms with E-state index in [1.54, 1.807) is 0 Å². The standard InChI is InChI=1S/C16H19N3O6S/c1-3-9-17-16(22)19-14(20)11-25-15(21)12-5-7-13(8-6-12)26(23,24)18-10-4-2/h3-8,18H,1-2,9-11H2,(H2,17,19,20,22). The van der Waals surface area contributed by atoms with Gasteiger partial charge in [0.05, 0.1) is 10.5 Å². The van der Waals surface area contributed by atoms with Gasteiger partial charge in [0.2, 0.25) is 10.0 Å². The molecule has 140 valence electrons. The summed E-state index contributed by atoms with van der Waals surface area (Å²) in [5.74, 6) is -1.65. The molecule has 0 aromatic heterocycles. The molecule has 0 aliphatic carbocycles. The molecular weight excluding hydrogens is 362 g/mol. The van der Waals surface area contributed by atoms with Crippen LogP contribution in [0.4, 0.5) is 4.79 Å². The Morgan fingerprint density at radius 2 is 1.65 bits per heavy atom. The van der Waals surface area contributed by atoms with E-state index in [1.165, 1.54) is 36.4 Å². The topological polar surface area (TPSA) is 131 Å². The fourth-order valence-corrected chi connectivity index (χ4v) is 2.61. The minimum Gasteiger partial charge on any atom is -0.452 e. The Hall–Kier alpha value is -2.98. The lowest BCUT2D eigenvalue weighted by atomic mass is 10.2. The molecule has 10 heteroatoms. The number of carbonyl (C=O) groups is 3. The Labute approximate surface area is 151 Å². The lowest BCUT2D eigenvalue weighted by molar-refractivity contribution is -0.123. The van der Waals surface area contributed by atoms with E-state index in [-0.39, 0.29) is 23.5 Å². The quantitative estimate of drug-likeness (QED) is 0.417. The number of ether oxygens (including phenoxy) is 1. The zero-order valence-electron chi connectivity index (χ0n) is 13.9. The summed E-state index contributed by atoms with van der Waals surface area (Å²) >= 11 is 0. The summed E-state index contributed by atoms with van der Waals surface area (Å²) < 4.78 is 30.8. The largest absolute Gasteiger partial charge is 0.452 e. The average molecular weight is 381 g/mol. The number of hydrogen-bond donors (Lipinski definition) is 3. The summed E-state index contributed by atoms with van der Waals surface area (Å²) in [4.78, 5) is 34.5. The maximum absolute atomic E-state index is 11.9. The number of amides is 3. The van der Waals surface area contributed by atoms with Crippen molar-refractivity contribution in [3.8, 4) is 0 Å². The van der Waals surface area contributed by atoms with Gasteiger partial charge in [-0.15, -0.1) is 13.2 Å². The Kier molecular flexibility index (Phi) is 8.19. The van der Waals surface area contributed by atoms with Crippen LogP contribution in [0, 0.1) is 0 Å². The Balaban J connectivity index is 2.58. The van der Waals surface area contributed by atoms with Crippen molar-refractivity contribution in [3.63, 3.8) is 0 Å². The predicted octanol–water partition coefficient (Wildman–Crippen LogP) is 0.320. The highest BCUT2D eigenvalue weighted by atomic mass is 32.2. The minimum atomic E-state index is -3.70. The maximum Gasteiger partial charge on any atom is 0.338 e. The highest BCUT2D eigenvalue weighted by Gasteiger charge is 2.15. The van der Waals surface area contributed by atoms with E-state index in [0.717, 1.165) is 0 Å². The van der Waals surface area contributed by atoms with Gasteiger partial charge in [-0.2, -0.15) is 0 Å². The summed E-state index contributed by atoms with van der Waals surface area (Å²) in [5, 5.41) is 4.28. The summed E-state index contributed by atoms with van der Waals surface area (Å²) in [5.41, 5.74) is 0.0524. The van der Waals surface area contributed by atoms with Crippen molar-refractivity contribution in [2.45, 2.75) is 4.90 Å². The molecule has 3 amide bonds. The van der Waals surface area contributed by atoms with Crippen LogP contribution >= 0.6 is 0 Å². The monoisotopic (exact) mass is 381 g/mol. The molecule has 0 saturated carbocycles. The van der Waals surface area contributed by atoms with Gasteiger partial charge in [-0.05, 0) is 24.3 Å². The van der Waals surface area contributed by atoms with Gasteiger partial charge in [0.25, 0.3) is 5.91 Å². The van der Waals surface area contributed by atoms with Gasteiger partial charge in [0, 0.05) is 13.1 Å². The smallest absolute Gasteiger partial charge is 0.338 e. The fourth-order valence-electron chi connectivity index (χ4n) is 1.61. The second-order valence-corrected chi connectivity index (χ2v) is 6.55. The van der Waals surface area contributed by atoms with Crippen LogP contribution in [0.25, 0.3) is 0 Å². The summed E-state index contributed by atoms with van der Waals surface area (Å²) in [6.07, 6.45) is 2.83. The number of benzene rings is 1. The molecule has 0 bridgehead atoms. The minimum absolute atomic E-state index is 0.0347. The van der Waals surface area contributed by atoms with Crippen LogP contribution < -0.4 is 15.4 Å². The highest BCUT2D eigenvalue weighted by molar-refractivity contribution is 7.89. The van der Waals surface area contributed by atoms with Gasteiger partial charge < -0.3 is 10.1 Å². The molecule has 3 N–H and O–H groups in total. The molecule has 26 heavy (non-hydrogen) atoms. The number of imide groups is 1. The van der Waals surface area contributed by atoms with Crippen molar-refractivity contribution in [3.05, 3.63) is 55.1 Å². The van der Waals surface area contributed by atoms with E-state index in [4.69, 9.17) is 4.74 Å². The molecule has 1 rings (SSSR count). The van der Waals surface area contributed by atoms with E-state index >= 15 is 0 Å². The number of urea groups is 1. The Morgan fingerprint density at radius 3 is 2.23 bits per heavy atom. The third-order valence-corrected chi connectivity index (χ3v) is 4.25. The molecule has 0 fully saturated rings. The molecular formula is C16H19N3O6S. The first-order valence-corrected chi connectivity index (χ1v) is 8.84. The van der Waals surface area contributed by atoms with Gasteiger partial charge in [0.1, 0.15) is 0 Å². The van der Waals surface area contributed by atoms with Crippen molar-refractivity contribution in [2.24, 2.45) is 0 Å². The Bertz CT molecular complexity index is 787. The highest BCUT2D eigenvalue weighted by Crippen LogP contribution is 2.11. The van der Waals surface area contributed by atoms with E-state index in [9.17, 15) is 22.8 Å². The second kappa shape index (κ2) is 10.1. The first-order valence-electron chi connectivity index (χ1n) is 7.36. The van der Waals surface area contributed by atoms with E-state index in [1.807, 2.05) is 5.32 Å². The van der Waals surface area contributed by atoms with E-state index in [0.29, 0.717) is 0 Å². The van der Waals surface area contributed by atoms with Gasteiger partial charge in [0.15, 0.2) is 6.61 Å². The van der Waals surface area contributed by atoms with Crippen LogP contribution in [0.1, 0.15) is 10.4 Å². The van der Waals surface area contributed by atoms with Crippen molar-refractivity contribution in [1.82, 2.24) is 15.4 Å². The van der Waals surface area contributed by atoms with Gasteiger partial charge in [-0.25, -0.2) is 22.7 Å². The maximum atomic E-state index is 11.9. The predicted molar refractivity (Wildman–Crippen MR) is 93.8 cm³/mol. The number of rotatable bonds is 9. The third-order valence-electron chi connectivity index (χ3n) is 2.81. The molecule has 0 aliphatic rings. The molecule has 0 atom stereocenters. The number of sulfonamides is 1. The first-order chi connectivity index (χ1) is 12.3.